The Balaban J connectivity index is 3.19. The highest BCUT2D eigenvalue weighted by Crippen LogP contribution is 2.15. The molecule has 0 saturated heterocycles. The van der Waals surface area contributed by atoms with Crippen LogP contribution in [-0.2, 0) is 4.79 Å². The van der Waals surface area contributed by atoms with E-state index in [1.54, 1.807) is 0 Å². The number of aliphatic hydroxyl groups excluding tert-OH is 2. The fraction of sp³-hybridized carbons (Fsp3) is 0.952. The Bertz CT molecular complexity index is 294. The number of carbonyl (C=O) groups is 1. The zero-order valence-corrected chi connectivity index (χ0v) is 16.4. The van der Waals surface area contributed by atoms with E-state index in [-0.39, 0.29) is 12.2 Å². The van der Waals surface area contributed by atoms with Gasteiger partial charge in [-0.05, 0) is 32.1 Å². The minimum atomic E-state index is -0.679. The Hall–Kier alpha value is -0.610. The summed E-state index contributed by atoms with van der Waals surface area (Å²) in [5.41, 5.74) is 0. The maximum atomic E-state index is 10.4. The molecule has 2 atom stereocenters. The lowest BCUT2D eigenvalue weighted by molar-refractivity contribution is -0.137. The van der Waals surface area contributed by atoms with E-state index in [0.29, 0.717) is 6.42 Å². The van der Waals surface area contributed by atoms with E-state index in [9.17, 15) is 15.0 Å². The van der Waals surface area contributed by atoms with Crippen LogP contribution >= 0.6 is 0 Å². The second-order valence-corrected chi connectivity index (χ2v) is 7.50. The number of hydrogen-bond acceptors (Lipinski definition) is 3. The molecule has 4 nitrogen and oxygen atoms in total. The lowest BCUT2D eigenvalue weighted by atomic mass is 10.0. The monoisotopic (exact) mass is 358 g/mol. The van der Waals surface area contributed by atoms with Gasteiger partial charge in [-0.3, -0.25) is 4.79 Å². The predicted octanol–water partition coefficient (Wildman–Crippen LogP) is 5.44. The third-order valence-corrected chi connectivity index (χ3v) is 4.88. The molecule has 0 aliphatic rings. The molecular formula is C21H42O4. The van der Waals surface area contributed by atoms with Gasteiger partial charge >= 0.3 is 5.97 Å². The van der Waals surface area contributed by atoms with Gasteiger partial charge < -0.3 is 15.3 Å². The van der Waals surface area contributed by atoms with Gasteiger partial charge in [0.1, 0.15) is 0 Å². The van der Waals surface area contributed by atoms with Crippen molar-refractivity contribution >= 4 is 5.97 Å². The maximum Gasteiger partial charge on any atom is 0.303 e. The lowest BCUT2D eigenvalue weighted by Crippen LogP contribution is -2.13. The molecule has 4 heteroatoms. The molecule has 0 aliphatic heterocycles. The van der Waals surface area contributed by atoms with Crippen LogP contribution in [-0.4, -0.2) is 33.5 Å². The Morgan fingerprint density at radius 1 is 0.640 bits per heavy atom. The fourth-order valence-corrected chi connectivity index (χ4v) is 3.25. The van der Waals surface area contributed by atoms with Crippen LogP contribution in [0.5, 0.6) is 0 Å². The van der Waals surface area contributed by atoms with E-state index in [2.05, 4.69) is 6.92 Å². The van der Waals surface area contributed by atoms with Gasteiger partial charge in [0, 0.05) is 6.42 Å². The van der Waals surface area contributed by atoms with E-state index in [4.69, 9.17) is 5.11 Å². The number of carboxylic acids is 1. The second kappa shape index (κ2) is 18.2. The summed E-state index contributed by atoms with van der Waals surface area (Å²) in [5, 5.41) is 28.1. The molecule has 0 aromatic heterocycles. The summed E-state index contributed by atoms with van der Waals surface area (Å²) in [6, 6.07) is 0. The molecule has 0 radical (unpaired) electrons. The van der Waals surface area contributed by atoms with Crippen LogP contribution < -0.4 is 0 Å². The van der Waals surface area contributed by atoms with E-state index >= 15 is 0 Å². The summed E-state index contributed by atoms with van der Waals surface area (Å²) in [6.45, 7) is 2.07. The van der Waals surface area contributed by atoms with Crippen molar-refractivity contribution in [3.63, 3.8) is 0 Å². The smallest absolute Gasteiger partial charge is 0.303 e. The summed E-state index contributed by atoms with van der Waals surface area (Å²) < 4.78 is 0. The van der Waals surface area contributed by atoms with Crippen molar-refractivity contribution in [2.75, 3.05) is 0 Å². The van der Waals surface area contributed by atoms with Gasteiger partial charge in [0.15, 0.2) is 0 Å². The van der Waals surface area contributed by atoms with E-state index in [1.165, 1.54) is 44.9 Å². The van der Waals surface area contributed by atoms with Crippen LogP contribution in [0.2, 0.25) is 0 Å². The molecule has 0 aliphatic carbocycles. The maximum absolute atomic E-state index is 10.4. The second-order valence-electron chi connectivity index (χ2n) is 7.50. The first-order valence-corrected chi connectivity index (χ1v) is 10.6. The molecule has 0 fully saturated rings. The van der Waals surface area contributed by atoms with Crippen molar-refractivity contribution in [1.82, 2.24) is 0 Å². The average molecular weight is 359 g/mol. The van der Waals surface area contributed by atoms with Crippen LogP contribution in [0.4, 0.5) is 0 Å². The fourth-order valence-electron chi connectivity index (χ4n) is 3.25. The molecule has 25 heavy (non-hydrogen) atoms. The number of hydrogen-bond donors (Lipinski definition) is 3. The lowest BCUT2D eigenvalue weighted by Gasteiger charge is -2.13. The van der Waals surface area contributed by atoms with Gasteiger partial charge in [0.25, 0.3) is 0 Å². The number of carboxylic acid groups (broad SMARTS) is 1. The van der Waals surface area contributed by atoms with Gasteiger partial charge in [-0.1, -0.05) is 77.6 Å². The zero-order chi connectivity index (χ0) is 18.8. The molecule has 0 bridgehead atoms. The van der Waals surface area contributed by atoms with Crippen molar-refractivity contribution in [1.29, 1.82) is 0 Å². The molecule has 0 amide bonds. The van der Waals surface area contributed by atoms with Crippen LogP contribution in [0, 0.1) is 0 Å². The first kappa shape index (κ1) is 24.4. The van der Waals surface area contributed by atoms with Crippen LogP contribution in [0.25, 0.3) is 0 Å². The summed E-state index contributed by atoms with van der Waals surface area (Å²) >= 11 is 0. The number of aliphatic carboxylic acids is 1. The van der Waals surface area contributed by atoms with Crippen molar-refractivity contribution < 1.29 is 20.1 Å². The van der Waals surface area contributed by atoms with Crippen LogP contribution in [0.3, 0.4) is 0 Å². The number of aliphatic hydroxyl groups is 2. The normalized spacial score (nSPS) is 13.7. The van der Waals surface area contributed by atoms with Gasteiger partial charge in [-0.2, -0.15) is 0 Å². The molecule has 3 N–H and O–H groups in total. The van der Waals surface area contributed by atoms with Crippen molar-refractivity contribution in [2.45, 2.75) is 128 Å². The van der Waals surface area contributed by atoms with E-state index in [1.807, 2.05) is 0 Å². The molecule has 0 heterocycles. The quantitative estimate of drug-likeness (QED) is 0.268. The predicted molar refractivity (Wildman–Crippen MR) is 104 cm³/mol. The Morgan fingerprint density at radius 2 is 1.04 bits per heavy atom. The molecule has 0 aromatic rings. The number of unbranched alkanes of at least 4 members (excludes halogenated alkanes) is 10. The summed E-state index contributed by atoms with van der Waals surface area (Å²) in [5.74, 6) is -0.679. The standard InChI is InChI=1S/C21H42O4/c1-2-14-19(22)17-18-20(23)15-12-10-8-6-4-3-5-7-9-11-13-16-21(24)25/h19-20,22-23H,2-18H2,1H3,(H,24,25). The first-order valence-electron chi connectivity index (χ1n) is 10.6. The van der Waals surface area contributed by atoms with Crippen molar-refractivity contribution in [3.8, 4) is 0 Å². The average Bonchev–Trinajstić information content (AvgIpc) is 2.57. The van der Waals surface area contributed by atoms with Gasteiger partial charge in [0.2, 0.25) is 0 Å². The summed E-state index contributed by atoms with van der Waals surface area (Å²) in [6.07, 6.45) is 16.9. The van der Waals surface area contributed by atoms with Gasteiger partial charge in [-0.15, -0.1) is 0 Å². The van der Waals surface area contributed by atoms with Crippen LogP contribution in [0.15, 0.2) is 0 Å². The molecule has 0 spiro atoms. The number of rotatable bonds is 19. The van der Waals surface area contributed by atoms with Crippen molar-refractivity contribution in [2.24, 2.45) is 0 Å². The SMILES string of the molecule is CCCC(O)CCC(O)CCCCCCCCCCCCCC(=O)O. The Labute approximate surface area is 155 Å². The van der Waals surface area contributed by atoms with E-state index < -0.39 is 5.97 Å². The van der Waals surface area contributed by atoms with Crippen molar-refractivity contribution in [3.05, 3.63) is 0 Å². The Morgan fingerprint density at radius 3 is 1.48 bits per heavy atom. The minimum Gasteiger partial charge on any atom is -0.481 e. The highest BCUT2D eigenvalue weighted by atomic mass is 16.4. The van der Waals surface area contributed by atoms with Gasteiger partial charge in [0.05, 0.1) is 12.2 Å². The third-order valence-electron chi connectivity index (χ3n) is 4.88. The summed E-state index contributed by atoms with van der Waals surface area (Å²) in [7, 11) is 0. The van der Waals surface area contributed by atoms with Crippen LogP contribution in [0.1, 0.15) is 116 Å². The minimum absolute atomic E-state index is 0.239. The topological polar surface area (TPSA) is 77.8 Å². The Kier molecular flexibility index (Phi) is 17.7. The molecule has 2 unspecified atom stereocenters. The molecule has 150 valence electrons. The molecule has 0 rings (SSSR count). The highest BCUT2D eigenvalue weighted by molar-refractivity contribution is 5.66. The highest BCUT2D eigenvalue weighted by Gasteiger charge is 2.08. The van der Waals surface area contributed by atoms with Gasteiger partial charge in [-0.25, -0.2) is 0 Å². The first-order chi connectivity index (χ1) is 12.1. The zero-order valence-electron chi connectivity index (χ0n) is 16.4. The molecular weight excluding hydrogens is 316 g/mol. The third kappa shape index (κ3) is 19.6. The molecule has 0 saturated carbocycles. The molecule has 0 aromatic carbocycles. The van der Waals surface area contributed by atoms with E-state index in [0.717, 1.165) is 57.8 Å². The summed E-state index contributed by atoms with van der Waals surface area (Å²) in [4.78, 5) is 10.4. The largest absolute Gasteiger partial charge is 0.481 e.